The third-order valence-corrected chi connectivity index (χ3v) is 5.29. The maximum absolute atomic E-state index is 6.28. The summed E-state index contributed by atoms with van der Waals surface area (Å²) in [6, 6.07) is 0. The summed E-state index contributed by atoms with van der Waals surface area (Å²) in [5, 5.41) is 0. The van der Waals surface area contributed by atoms with E-state index in [1.807, 2.05) is 0 Å². The molecule has 0 aromatic heterocycles. The molecule has 0 amide bonds. The topological polar surface area (TPSA) is 29.3 Å². The number of nitrogens with zero attached hydrogens (tertiary/aromatic N) is 1. The van der Waals surface area contributed by atoms with Gasteiger partial charge in [-0.05, 0) is 57.0 Å². The molecule has 0 saturated heterocycles. The van der Waals surface area contributed by atoms with E-state index in [0.717, 1.165) is 18.4 Å². The van der Waals surface area contributed by atoms with Crippen molar-refractivity contribution in [3.05, 3.63) is 0 Å². The van der Waals surface area contributed by atoms with Crippen LogP contribution in [-0.2, 0) is 0 Å². The molecule has 1 saturated carbocycles. The molecule has 2 nitrogen and oxygen atoms in total. The van der Waals surface area contributed by atoms with Crippen LogP contribution in [0.5, 0.6) is 0 Å². The molecule has 3 atom stereocenters. The molecule has 0 aliphatic heterocycles. The summed E-state index contributed by atoms with van der Waals surface area (Å²) in [6.45, 7) is 12.7. The van der Waals surface area contributed by atoms with Gasteiger partial charge in [-0.2, -0.15) is 0 Å². The van der Waals surface area contributed by atoms with Crippen molar-refractivity contribution in [3.63, 3.8) is 0 Å². The Labute approximate surface area is 121 Å². The third kappa shape index (κ3) is 4.19. The zero-order valence-corrected chi connectivity index (χ0v) is 13.8. The first kappa shape index (κ1) is 17.0. The minimum Gasteiger partial charge on any atom is -0.329 e. The molecule has 19 heavy (non-hydrogen) atoms. The zero-order chi connectivity index (χ0) is 14.3. The Hall–Kier alpha value is -0.0800. The smallest absolute Gasteiger partial charge is 0.0357 e. The minimum absolute atomic E-state index is 0.289. The van der Waals surface area contributed by atoms with Crippen molar-refractivity contribution < 1.29 is 0 Å². The van der Waals surface area contributed by atoms with E-state index in [2.05, 4.69) is 32.6 Å². The molecule has 3 unspecified atom stereocenters. The molecule has 0 aromatic rings. The maximum Gasteiger partial charge on any atom is 0.0357 e. The van der Waals surface area contributed by atoms with E-state index >= 15 is 0 Å². The first-order valence-electron chi connectivity index (χ1n) is 8.55. The number of nitrogens with two attached hydrogens (primary N) is 1. The Morgan fingerprint density at radius 3 is 2.11 bits per heavy atom. The maximum atomic E-state index is 6.28. The van der Waals surface area contributed by atoms with Gasteiger partial charge < -0.3 is 5.73 Å². The van der Waals surface area contributed by atoms with Crippen molar-refractivity contribution in [2.24, 2.45) is 17.6 Å². The fourth-order valence-electron chi connectivity index (χ4n) is 3.84. The summed E-state index contributed by atoms with van der Waals surface area (Å²) in [4.78, 5) is 2.76. The lowest BCUT2D eigenvalue weighted by Crippen LogP contribution is -2.60. The average Bonchev–Trinajstić information content (AvgIpc) is 2.40. The number of hydrogen-bond acceptors (Lipinski definition) is 2. The van der Waals surface area contributed by atoms with Crippen LogP contribution in [0.4, 0.5) is 0 Å². The summed E-state index contributed by atoms with van der Waals surface area (Å²) in [6.07, 6.45) is 9.21. The Bertz CT molecular complexity index is 233. The number of unbranched alkanes of at least 4 members (excludes halogenated alkanes) is 2. The lowest BCUT2D eigenvalue weighted by atomic mass is 9.68. The van der Waals surface area contributed by atoms with Gasteiger partial charge in [-0.25, -0.2) is 0 Å². The van der Waals surface area contributed by atoms with Crippen LogP contribution in [0.3, 0.4) is 0 Å². The van der Waals surface area contributed by atoms with Gasteiger partial charge in [0.2, 0.25) is 0 Å². The van der Waals surface area contributed by atoms with E-state index in [9.17, 15) is 0 Å². The summed E-state index contributed by atoms with van der Waals surface area (Å²) in [5.74, 6) is 1.63. The van der Waals surface area contributed by atoms with E-state index in [-0.39, 0.29) is 5.54 Å². The van der Waals surface area contributed by atoms with E-state index in [1.54, 1.807) is 0 Å². The molecule has 0 heterocycles. The fraction of sp³-hybridized carbons (Fsp3) is 1.00. The highest BCUT2D eigenvalue weighted by Gasteiger charge is 2.43. The summed E-state index contributed by atoms with van der Waals surface area (Å²) in [7, 11) is 0. The standard InChI is InChI=1S/C17H36N2/c1-5-7-11-19(12-8-6-2)17(14-18)10-9-15(3)13-16(17)4/h15-16H,5-14,18H2,1-4H3. The SMILES string of the molecule is CCCCN(CCCC)C1(CN)CCC(C)CC1C. The number of rotatable bonds is 8. The fourth-order valence-corrected chi connectivity index (χ4v) is 3.84. The summed E-state index contributed by atoms with van der Waals surface area (Å²) >= 11 is 0. The van der Waals surface area contributed by atoms with Crippen LogP contribution in [0.25, 0.3) is 0 Å². The van der Waals surface area contributed by atoms with Crippen LogP contribution < -0.4 is 5.73 Å². The molecule has 0 radical (unpaired) electrons. The Kier molecular flexibility index (Phi) is 7.38. The van der Waals surface area contributed by atoms with Gasteiger partial charge in [0.25, 0.3) is 0 Å². The highest BCUT2D eigenvalue weighted by Crippen LogP contribution is 2.40. The lowest BCUT2D eigenvalue weighted by Gasteiger charge is -2.51. The van der Waals surface area contributed by atoms with Crippen molar-refractivity contribution >= 4 is 0 Å². The monoisotopic (exact) mass is 268 g/mol. The van der Waals surface area contributed by atoms with Crippen LogP contribution in [0.15, 0.2) is 0 Å². The van der Waals surface area contributed by atoms with E-state index in [4.69, 9.17) is 5.73 Å². The molecule has 0 bridgehead atoms. The van der Waals surface area contributed by atoms with Crippen molar-refractivity contribution in [2.45, 2.75) is 78.2 Å². The molecule has 2 heteroatoms. The molecular weight excluding hydrogens is 232 g/mol. The molecule has 0 aromatic carbocycles. The molecule has 1 aliphatic rings. The molecule has 2 N–H and O–H groups in total. The van der Waals surface area contributed by atoms with Crippen molar-refractivity contribution in [3.8, 4) is 0 Å². The van der Waals surface area contributed by atoms with Crippen LogP contribution in [0, 0.1) is 11.8 Å². The van der Waals surface area contributed by atoms with Gasteiger partial charge in [0.1, 0.15) is 0 Å². The van der Waals surface area contributed by atoms with Crippen LogP contribution in [0.2, 0.25) is 0 Å². The molecular formula is C17H36N2. The second-order valence-electron chi connectivity index (χ2n) is 6.78. The summed E-state index contributed by atoms with van der Waals surface area (Å²) in [5.41, 5.74) is 6.57. The third-order valence-electron chi connectivity index (χ3n) is 5.29. The summed E-state index contributed by atoms with van der Waals surface area (Å²) < 4.78 is 0. The highest BCUT2D eigenvalue weighted by atomic mass is 15.2. The average molecular weight is 268 g/mol. The predicted molar refractivity (Wildman–Crippen MR) is 85.4 cm³/mol. The van der Waals surface area contributed by atoms with Gasteiger partial charge >= 0.3 is 0 Å². The van der Waals surface area contributed by atoms with Gasteiger partial charge in [-0.3, -0.25) is 4.90 Å². The Morgan fingerprint density at radius 1 is 1.11 bits per heavy atom. The quantitative estimate of drug-likeness (QED) is 0.720. The zero-order valence-electron chi connectivity index (χ0n) is 13.8. The van der Waals surface area contributed by atoms with E-state index < -0.39 is 0 Å². The van der Waals surface area contributed by atoms with Gasteiger partial charge in [-0.1, -0.05) is 40.5 Å². The first-order valence-corrected chi connectivity index (χ1v) is 8.55. The molecule has 1 aliphatic carbocycles. The minimum atomic E-state index is 0.289. The van der Waals surface area contributed by atoms with Gasteiger partial charge in [0, 0.05) is 12.1 Å². The molecule has 1 rings (SSSR count). The number of hydrogen-bond donors (Lipinski definition) is 1. The second-order valence-corrected chi connectivity index (χ2v) is 6.78. The van der Waals surface area contributed by atoms with Gasteiger partial charge in [0.05, 0.1) is 0 Å². The lowest BCUT2D eigenvalue weighted by molar-refractivity contribution is -0.00214. The Morgan fingerprint density at radius 2 is 1.68 bits per heavy atom. The van der Waals surface area contributed by atoms with Crippen LogP contribution in [-0.4, -0.2) is 30.1 Å². The second kappa shape index (κ2) is 8.26. The molecule has 0 spiro atoms. The Balaban J connectivity index is 2.79. The van der Waals surface area contributed by atoms with Crippen molar-refractivity contribution in [2.75, 3.05) is 19.6 Å². The van der Waals surface area contributed by atoms with Gasteiger partial charge in [0.15, 0.2) is 0 Å². The normalized spacial score (nSPS) is 31.9. The first-order chi connectivity index (χ1) is 9.10. The highest BCUT2D eigenvalue weighted by molar-refractivity contribution is 4.99. The van der Waals surface area contributed by atoms with Gasteiger partial charge in [-0.15, -0.1) is 0 Å². The van der Waals surface area contributed by atoms with E-state index in [0.29, 0.717) is 0 Å². The molecule has 1 fully saturated rings. The van der Waals surface area contributed by atoms with Crippen molar-refractivity contribution in [1.82, 2.24) is 4.90 Å². The van der Waals surface area contributed by atoms with Crippen LogP contribution in [0.1, 0.15) is 72.6 Å². The van der Waals surface area contributed by atoms with Crippen LogP contribution >= 0.6 is 0 Å². The molecule has 114 valence electrons. The largest absolute Gasteiger partial charge is 0.329 e. The van der Waals surface area contributed by atoms with Crippen molar-refractivity contribution in [1.29, 1.82) is 0 Å². The van der Waals surface area contributed by atoms with E-state index in [1.165, 1.54) is 58.0 Å². The predicted octanol–water partition coefficient (Wildman–Crippen LogP) is 4.04.